The minimum Gasteiger partial charge on any atom is -0.382 e. The van der Waals surface area contributed by atoms with Crippen LogP contribution in [-0.4, -0.2) is 28.8 Å². The Kier molecular flexibility index (Phi) is 6.42. The van der Waals surface area contributed by atoms with Crippen LogP contribution in [0, 0.1) is 23.0 Å². The lowest BCUT2D eigenvalue weighted by Crippen LogP contribution is -2.29. The van der Waals surface area contributed by atoms with Crippen molar-refractivity contribution in [3.8, 4) is 11.8 Å². The van der Waals surface area contributed by atoms with Crippen molar-refractivity contribution < 1.29 is 13.6 Å². The summed E-state index contributed by atoms with van der Waals surface area (Å²) in [5.41, 5.74) is 2.11. The van der Waals surface area contributed by atoms with Crippen molar-refractivity contribution in [2.75, 3.05) is 18.4 Å². The summed E-state index contributed by atoms with van der Waals surface area (Å²) in [5, 5.41) is 19.1. The maximum absolute atomic E-state index is 13.6. The summed E-state index contributed by atoms with van der Waals surface area (Å²) in [4.78, 5) is 12.7. The number of halogens is 2. The first kappa shape index (κ1) is 21.0. The van der Waals surface area contributed by atoms with E-state index >= 15 is 0 Å². The first-order valence-corrected chi connectivity index (χ1v) is 9.47. The molecule has 2 N–H and O–H groups in total. The normalized spacial score (nSPS) is 10.7. The lowest BCUT2D eigenvalue weighted by molar-refractivity contribution is 0.0954. The molecule has 0 radical (unpaired) electrons. The fraction of sp³-hybridized carbons (Fsp3) is 0.227. The lowest BCUT2D eigenvalue weighted by Gasteiger charge is -2.13. The number of carbonyl (C=O) groups is 1. The van der Waals surface area contributed by atoms with Crippen LogP contribution in [0.4, 0.5) is 14.5 Å². The van der Waals surface area contributed by atoms with E-state index < -0.39 is 5.82 Å². The number of benzene rings is 2. The van der Waals surface area contributed by atoms with Gasteiger partial charge in [0.15, 0.2) is 0 Å². The van der Waals surface area contributed by atoms with Gasteiger partial charge >= 0.3 is 0 Å². The van der Waals surface area contributed by atoms with Crippen LogP contribution in [0.5, 0.6) is 0 Å². The minimum absolute atomic E-state index is 0.00177. The molecule has 154 valence electrons. The van der Waals surface area contributed by atoms with Crippen LogP contribution in [0.1, 0.15) is 41.4 Å². The van der Waals surface area contributed by atoms with Gasteiger partial charge in [0.25, 0.3) is 5.91 Å². The van der Waals surface area contributed by atoms with Crippen molar-refractivity contribution in [1.29, 1.82) is 5.26 Å². The van der Waals surface area contributed by atoms with Crippen molar-refractivity contribution in [3.63, 3.8) is 0 Å². The third-order valence-corrected chi connectivity index (χ3v) is 4.52. The molecular weight excluding hydrogens is 388 g/mol. The van der Waals surface area contributed by atoms with Crippen molar-refractivity contribution in [2.24, 2.45) is 0 Å². The summed E-state index contributed by atoms with van der Waals surface area (Å²) in [6, 6.07) is 12.0. The molecule has 1 heterocycles. The fourth-order valence-electron chi connectivity index (χ4n) is 3.13. The molecule has 0 aliphatic heterocycles. The molecular formula is C22H21F2N5O. The summed E-state index contributed by atoms with van der Waals surface area (Å²) in [5.74, 6) is -1.24. The largest absolute Gasteiger partial charge is 0.382 e. The molecule has 1 aromatic heterocycles. The van der Waals surface area contributed by atoms with Gasteiger partial charge in [0.05, 0.1) is 28.8 Å². The maximum Gasteiger partial charge on any atom is 0.254 e. The highest BCUT2D eigenvalue weighted by atomic mass is 19.1. The van der Waals surface area contributed by atoms with E-state index in [2.05, 4.69) is 15.7 Å². The van der Waals surface area contributed by atoms with Gasteiger partial charge in [0, 0.05) is 13.1 Å². The average Bonchev–Trinajstić information content (AvgIpc) is 3.17. The van der Waals surface area contributed by atoms with Crippen LogP contribution in [0.15, 0.2) is 48.7 Å². The van der Waals surface area contributed by atoms with Gasteiger partial charge in [-0.3, -0.25) is 4.79 Å². The summed E-state index contributed by atoms with van der Waals surface area (Å²) < 4.78 is 28.5. The number of nitrogens with one attached hydrogen (secondary N) is 2. The number of nitrogens with zero attached hydrogens (tertiary/aromatic N) is 3. The van der Waals surface area contributed by atoms with Crippen LogP contribution in [0.25, 0.3) is 5.69 Å². The molecule has 0 atom stereocenters. The van der Waals surface area contributed by atoms with Gasteiger partial charge < -0.3 is 10.6 Å². The van der Waals surface area contributed by atoms with E-state index in [4.69, 9.17) is 5.26 Å². The highest BCUT2D eigenvalue weighted by Crippen LogP contribution is 2.23. The van der Waals surface area contributed by atoms with Crippen LogP contribution < -0.4 is 10.6 Å². The Morgan fingerprint density at radius 1 is 1.17 bits per heavy atom. The monoisotopic (exact) mass is 409 g/mol. The Bertz CT molecular complexity index is 1080. The Hall–Kier alpha value is -3.73. The Labute approximate surface area is 173 Å². The van der Waals surface area contributed by atoms with E-state index in [1.54, 1.807) is 22.9 Å². The predicted molar refractivity (Wildman–Crippen MR) is 110 cm³/mol. The van der Waals surface area contributed by atoms with Crippen LogP contribution in [-0.2, 0) is 0 Å². The fourth-order valence-corrected chi connectivity index (χ4v) is 3.13. The van der Waals surface area contributed by atoms with Crippen molar-refractivity contribution >= 4 is 11.6 Å². The maximum atomic E-state index is 13.6. The number of hydrogen-bond donors (Lipinski definition) is 2. The Morgan fingerprint density at radius 3 is 2.57 bits per heavy atom. The molecule has 2 aromatic carbocycles. The molecule has 0 saturated carbocycles. The number of nitriles is 1. The zero-order valence-corrected chi connectivity index (χ0v) is 16.6. The molecule has 0 unspecified atom stereocenters. The molecule has 0 aliphatic rings. The SMILES string of the molecule is CC(C)c1c(C(=O)NCCNc2cccc(F)c2C#N)cnn1-c1ccc(F)cc1. The molecule has 30 heavy (non-hydrogen) atoms. The highest BCUT2D eigenvalue weighted by Gasteiger charge is 2.20. The molecule has 3 rings (SSSR count). The zero-order chi connectivity index (χ0) is 21.7. The van der Waals surface area contributed by atoms with Crippen molar-refractivity contribution in [1.82, 2.24) is 15.1 Å². The Morgan fingerprint density at radius 2 is 1.90 bits per heavy atom. The topological polar surface area (TPSA) is 82.7 Å². The van der Waals surface area contributed by atoms with Gasteiger partial charge in [-0.2, -0.15) is 10.4 Å². The van der Waals surface area contributed by atoms with Crippen LogP contribution in [0.2, 0.25) is 0 Å². The quantitative estimate of drug-likeness (QED) is 0.578. The molecule has 3 aromatic rings. The zero-order valence-electron chi connectivity index (χ0n) is 16.6. The van der Waals surface area contributed by atoms with E-state index in [1.807, 2.05) is 19.9 Å². The van der Waals surface area contributed by atoms with Gasteiger partial charge in [-0.05, 0) is 42.3 Å². The second-order valence-corrected chi connectivity index (χ2v) is 6.94. The number of amides is 1. The number of hydrogen-bond acceptors (Lipinski definition) is 4. The van der Waals surface area contributed by atoms with Crippen molar-refractivity contribution in [2.45, 2.75) is 19.8 Å². The summed E-state index contributed by atoms with van der Waals surface area (Å²) in [6.07, 6.45) is 1.49. The molecule has 0 fully saturated rings. The molecule has 0 aliphatic carbocycles. The third-order valence-electron chi connectivity index (χ3n) is 4.52. The van der Waals surface area contributed by atoms with E-state index in [9.17, 15) is 13.6 Å². The van der Waals surface area contributed by atoms with Gasteiger partial charge in [-0.15, -0.1) is 0 Å². The minimum atomic E-state index is -0.596. The first-order chi connectivity index (χ1) is 14.4. The molecule has 8 heteroatoms. The molecule has 6 nitrogen and oxygen atoms in total. The summed E-state index contributed by atoms with van der Waals surface area (Å²) in [7, 11) is 0. The molecule has 0 saturated heterocycles. The predicted octanol–water partition coefficient (Wildman–Crippen LogP) is 3.99. The number of carbonyl (C=O) groups excluding carboxylic acids is 1. The van der Waals surface area contributed by atoms with E-state index in [0.29, 0.717) is 29.2 Å². The van der Waals surface area contributed by atoms with Crippen molar-refractivity contribution in [3.05, 3.63) is 77.1 Å². The number of rotatable bonds is 7. The molecule has 0 spiro atoms. The second kappa shape index (κ2) is 9.18. The average molecular weight is 409 g/mol. The number of anilines is 1. The van der Waals surface area contributed by atoms with E-state index in [0.717, 1.165) is 0 Å². The van der Waals surface area contributed by atoms with Gasteiger partial charge in [0.2, 0.25) is 0 Å². The lowest BCUT2D eigenvalue weighted by atomic mass is 10.1. The third kappa shape index (κ3) is 4.46. The first-order valence-electron chi connectivity index (χ1n) is 9.47. The smallest absolute Gasteiger partial charge is 0.254 e. The number of aromatic nitrogens is 2. The molecule has 0 bridgehead atoms. The van der Waals surface area contributed by atoms with E-state index in [1.165, 1.54) is 30.5 Å². The van der Waals surface area contributed by atoms with Crippen LogP contribution in [0.3, 0.4) is 0 Å². The van der Waals surface area contributed by atoms with Gasteiger partial charge in [-0.1, -0.05) is 19.9 Å². The summed E-state index contributed by atoms with van der Waals surface area (Å²) in [6.45, 7) is 4.47. The van der Waals surface area contributed by atoms with Gasteiger partial charge in [-0.25, -0.2) is 13.5 Å². The Balaban J connectivity index is 1.68. The molecule has 1 amide bonds. The highest BCUT2D eigenvalue weighted by molar-refractivity contribution is 5.95. The van der Waals surface area contributed by atoms with Gasteiger partial charge in [0.1, 0.15) is 23.3 Å². The van der Waals surface area contributed by atoms with E-state index in [-0.39, 0.29) is 29.8 Å². The van der Waals surface area contributed by atoms with Crippen LogP contribution >= 0.6 is 0 Å². The standard InChI is InChI=1S/C22H21F2N5O/c1-14(2)21-18(13-28-29(21)16-8-6-15(23)7-9-16)22(30)27-11-10-26-20-5-3-4-19(24)17(20)12-25/h3-9,13-14,26H,10-11H2,1-2H3,(H,27,30). The summed E-state index contributed by atoms with van der Waals surface area (Å²) >= 11 is 0. The second-order valence-electron chi connectivity index (χ2n) is 6.94.